The maximum absolute atomic E-state index is 12.7. The molecule has 1 aromatic carbocycles. The third kappa shape index (κ3) is 3.95. The average Bonchev–Trinajstić information content (AvgIpc) is 3.22. The molecule has 5 nitrogen and oxygen atoms in total. The number of hydrogen-bond acceptors (Lipinski definition) is 3. The van der Waals surface area contributed by atoms with Crippen molar-refractivity contribution >= 4 is 17.5 Å². The lowest BCUT2D eigenvalue weighted by Crippen LogP contribution is -2.42. The van der Waals surface area contributed by atoms with Crippen LogP contribution in [0.2, 0.25) is 0 Å². The van der Waals surface area contributed by atoms with Crippen molar-refractivity contribution in [2.45, 2.75) is 38.0 Å². The van der Waals surface area contributed by atoms with Crippen molar-refractivity contribution in [3.63, 3.8) is 0 Å². The van der Waals surface area contributed by atoms with E-state index in [4.69, 9.17) is 4.74 Å². The fourth-order valence-electron chi connectivity index (χ4n) is 2.89. The highest BCUT2D eigenvalue weighted by Crippen LogP contribution is 2.47. The quantitative estimate of drug-likeness (QED) is 0.797. The predicted molar refractivity (Wildman–Crippen MR) is 83.7 cm³/mol. The normalized spacial score (nSPS) is 21.6. The number of benzene rings is 1. The Labute approximate surface area is 142 Å². The van der Waals surface area contributed by atoms with Gasteiger partial charge in [0.2, 0.25) is 11.8 Å². The summed E-state index contributed by atoms with van der Waals surface area (Å²) in [6.07, 6.45) is -1.95. The van der Waals surface area contributed by atoms with Crippen LogP contribution in [-0.4, -0.2) is 31.1 Å². The first-order valence-electron chi connectivity index (χ1n) is 8.20. The highest BCUT2D eigenvalue weighted by atomic mass is 19.4. The average molecular weight is 356 g/mol. The molecule has 0 spiro atoms. The molecule has 1 saturated carbocycles. The molecule has 136 valence electrons. The van der Waals surface area contributed by atoms with Crippen molar-refractivity contribution in [3.05, 3.63) is 29.8 Å². The minimum Gasteiger partial charge on any atom is -0.376 e. The van der Waals surface area contributed by atoms with E-state index in [1.54, 1.807) is 0 Å². The molecule has 2 amide bonds. The van der Waals surface area contributed by atoms with Gasteiger partial charge in [-0.3, -0.25) is 9.59 Å². The minimum atomic E-state index is -4.49. The van der Waals surface area contributed by atoms with Crippen LogP contribution in [0, 0.1) is 5.41 Å². The molecule has 1 unspecified atom stereocenters. The van der Waals surface area contributed by atoms with Crippen LogP contribution in [0.1, 0.15) is 31.2 Å². The maximum atomic E-state index is 12.7. The third-order valence-electron chi connectivity index (χ3n) is 4.58. The lowest BCUT2D eigenvalue weighted by atomic mass is 10.0. The zero-order valence-electron chi connectivity index (χ0n) is 13.5. The van der Waals surface area contributed by atoms with Gasteiger partial charge in [0.25, 0.3) is 0 Å². The summed E-state index contributed by atoms with van der Waals surface area (Å²) in [5.74, 6) is -0.968. The molecule has 1 aliphatic carbocycles. The molecule has 1 atom stereocenters. The van der Waals surface area contributed by atoms with Gasteiger partial charge >= 0.3 is 6.18 Å². The van der Waals surface area contributed by atoms with Gasteiger partial charge in [-0.25, -0.2) is 0 Å². The number of carbonyl (C=O) groups excluding carboxylic acids is 2. The second kappa shape index (κ2) is 6.67. The van der Waals surface area contributed by atoms with Crippen LogP contribution >= 0.6 is 0 Å². The fourth-order valence-corrected chi connectivity index (χ4v) is 2.89. The molecule has 2 aliphatic rings. The molecular weight excluding hydrogens is 337 g/mol. The molecule has 1 heterocycles. The van der Waals surface area contributed by atoms with Crippen LogP contribution in [0.4, 0.5) is 18.9 Å². The third-order valence-corrected chi connectivity index (χ3v) is 4.58. The lowest BCUT2D eigenvalue weighted by molar-refractivity contribution is -0.138. The Hall–Kier alpha value is -2.09. The first kappa shape index (κ1) is 17.7. The van der Waals surface area contributed by atoms with E-state index in [0.717, 1.165) is 25.0 Å². The van der Waals surface area contributed by atoms with Gasteiger partial charge in [-0.2, -0.15) is 13.2 Å². The van der Waals surface area contributed by atoms with Gasteiger partial charge in [0.15, 0.2) is 0 Å². The second-order valence-corrected chi connectivity index (χ2v) is 6.46. The minimum absolute atomic E-state index is 0.0260. The molecule has 8 heteroatoms. The Balaban J connectivity index is 1.61. The van der Waals surface area contributed by atoms with Gasteiger partial charge in [0, 0.05) is 18.8 Å². The summed E-state index contributed by atoms with van der Waals surface area (Å²) in [7, 11) is 0. The fraction of sp³-hybridized carbons (Fsp3) is 0.529. The van der Waals surface area contributed by atoms with E-state index >= 15 is 0 Å². The summed E-state index contributed by atoms with van der Waals surface area (Å²) < 4.78 is 43.6. The Morgan fingerprint density at radius 1 is 1.24 bits per heavy atom. The number of alkyl halides is 3. The number of carbonyl (C=O) groups is 2. The molecule has 0 radical (unpaired) electrons. The van der Waals surface area contributed by atoms with Crippen molar-refractivity contribution in [2.75, 3.05) is 18.5 Å². The first-order valence-corrected chi connectivity index (χ1v) is 8.20. The molecule has 25 heavy (non-hydrogen) atoms. The van der Waals surface area contributed by atoms with Crippen molar-refractivity contribution in [1.82, 2.24) is 5.32 Å². The zero-order chi connectivity index (χ0) is 18.1. The Morgan fingerprint density at radius 3 is 2.60 bits per heavy atom. The maximum Gasteiger partial charge on any atom is 0.416 e. The number of ether oxygens (including phenoxy) is 1. The summed E-state index contributed by atoms with van der Waals surface area (Å²) in [6, 6.07) is 4.37. The van der Waals surface area contributed by atoms with Crippen molar-refractivity contribution in [2.24, 2.45) is 5.41 Å². The number of halogens is 3. The topological polar surface area (TPSA) is 67.4 Å². The van der Waals surface area contributed by atoms with Crippen molar-refractivity contribution in [1.29, 1.82) is 0 Å². The van der Waals surface area contributed by atoms with E-state index in [9.17, 15) is 22.8 Å². The van der Waals surface area contributed by atoms with E-state index < -0.39 is 29.0 Å². The zero-order valence-corrected chi connectivity index (χ0v) is 13.5. The number of amides is 2. The van der Waals surface area contributed by atoms with Crippen molar-refractivity contribution in [3.8, 4) is 0 Å². The van der Waals surface area contributed by atoms with Crippen LogP contribution in [0.15, 0.2) is 24.3 Å². The summed E-state index contributed by atoms with van der Waals surface area (Å²) in [6.45, 7) is 1.01. The number of nitrogens with one attached hydrogen (secondary N) is 2. The van der Waals surface area contributed by atoms with E-state index in [1.807, 2.05) is 0 Å². The Kier molecular flexibility index (Phi) is 4.73. The molecule has 3 rings (SSSR count). The van der Waals surface area contributed by atoms with Crippen LogP contribution in [-0.2, 0) is 20.5 Å². The largest absolute Gasteiger partial charge is 0.416 e. The molecular formula is C17H19F3N2O3. The van der Waals surface area contributed by atoms with E-state index in [0.29, 0.717) is 26.0 Å². The highest BCUT2D eigenvalue weighted by Gasteiger charge is 2.56. The van der Waals surface area contributed by atoms with Gasteiger partial charge in [0.1, 0.15) is 5.41 Å². The smallest absolute Gasteiger partial charge is 0.376 e. The van der Waals surface area contributed by atoms with Gasteiger partial charge < -0.3 is 15.4 Å². The van der Waals surface area contributed by atoms with Crippen LogP contribution in [0.3, 0.4) is 0 Å². The molecule has 2 N–H and O–H groups in total. The van der Waals surface area contributed by atoms with Crippen LogP contribution in [0.5, 0.6) is 0 Å². The first-order chi connectivity index (χ1) is 11.8. The van der Waals surface area contributed by atoms with E-state index in [-0.39, 0.29) is 11.8 Å². The van der Waals surface area contributed by atoms with Crippen LogP contribution in [0.25, 0.3) is 0 Å². The summed E-state index contributed by atoms with van der Waals surface area (Å²) in [4.78, 5) is 24.7. The highest BCUT2D eigenvalue weighted by molar-refractivity contribution is 6.13. The second-order valence-electron chi connectivity index (χ2n) is 6.46. The van der Waals surface area contributed by atoms with E-state index in [1.165, 1.54) is 12.1 Å². The number of anilines is 1. The molecule has 1 saturated heterocycles. The van der Waals surface area contributed by atoms with E-state index in [2.05, 4.69) is 10.6 Å². The molecule has 2 fully saturated rings. The molecule has 1 aliphatic heterocycles. The molecule has 0 aromatic heterocycles. The standard InChI is InChI=1S/C17H19F3N2O3/c18-17(19,20)11-3-1-4-12(9-11)22-15(24)16(6-7-16)14(23)21-10-13-5-2-8-25-13/h1,3-4,9,13H,2,5-8,10H2,(H,21,23)(H,22,24). The monoisotopic (exact) mass is 356 g/mol. The predicted octanol–water partition coefficient (Wildman–Crippen LogP) is 2.72. The Morgan fingerprint density at radius 2 is 2.00 bits per heavy atom. The van der Waals surface area contributed by atoms with Gasteiger partial charge in [-0.15, -0.1) is 0 Å². The van der Waals surface area contributed by atoms with Crippen LogP contribution < -0.4 is 10.6 Å². The van der Waals surface area contributed by atoms with Gasteiger partial charge in [-0.05, 0) is 43.9 Å². The molecule has 0 bridgehead atoms. The summed E-state index contributed by atoms with van der Waals surface area (Å²) in [5.41, 5.74) is -2.01. The Bertz CT molecular complexity index is 665. The lowest BCUT2D eigenvalue weighted by Gasteiger charge is -2.17. The van der Waals surface area contributed by atoms with Crippen molar-refractivity contribution < 1.29 is 27.5 Å². The van der Waals surface area contributed by atoms with Gasteiger partial charge in [0.05, 0.1) is 11.7 Å². The number of hydrogen-bond donors (Lipinski definition) is 2. The van der Waals surface area contributed by atoms with Gasteiger partial charge in [-0.1, -0.05) is 6.07 Å². The molecule has 1 aromatic rings. The number of rotatable bonds is 5. The SMILES string of the molecule is O=C(NCC1CCCO1)C1(C(=O)Nc2cccc(C(F)(F)F)c2)CC1. The summed E-state index contributed by atoms with van der Waals surface area (Å²) in [5, 5.41) is 5.16. The summed E-state index contributed by atoms with van der Waals surface area (Å²) >= 11 is 0.